The summed E-state index contributed by atoms with van der Waals surface area (Å²) in [7, 11) is 0. The van der Waals surface area contributed by atoms with E-state index in [0.717, 1.165) is 31.7 Å². The molecule has 1 aromatic rings. The van der Waals surface area contributed by atoms with E-state index in [4.69, 9.17) is 0 Å². The van der Waals surface area contributed by atoms with Crippen molar-refractivity contribution in [3.8, 4) is 11.5 Å². The Hall–Kier alpha value is -1.26. The van der Waals surface area contributed by atoms with Crippen LogP contribution in [0.15, 0.2) is 18.2 Å². The minimum Gasteiger partial charge on any atom is -0.508 e. The summed E-state index contributed by atoms with van der Waals surface area (Å²) >= 11 is 0. The van der Waals surface area contributed by atoms with E-state index < -0.39 is 0 Å². The lowest BCUT2D eigenvalue weighted by Crippen LogP contribution is -2.47. The first-order valence-corrected chi connectivity index (χ1v) is 7.22. The molecule has 1 aliphatic carbocycles. The Morgan fingerprint density at radius 1 is 1.16 bits per heavy atom. The average Bonchev–Trinajstić information content (AvgIpc) is 2.35. The fourth-order valence-electron chi connectivity index (χ4n) is 3.25. The van der Waals surface area contributed by atoms with Gasteiger partial charge in [0.2, 0.25) is 0 Å². The number of hydrogen-bond acceptors (Lipinski definition) is 4. The van der Waals surface area contributed by atoms with Crippen molar-refractivity contribution in [2.24, 2.45) is 5.92 Å². The predicted octanol–water partition coefficient (Wildman–Crippen LogP) is 1.84. The standard InChI is InChI=1S/C15H22N2O2/c18-12-4-5-13(14(19)10-12)15(11-2-1-3-11)17-8-6-16-7-9-17/h4-5,10-11,15-16,18-19H,1-3,6-9H2/t15-/m0/s1. The average molecular weight is 262 g/mol. The van der Waals surface area contributed by atoms with Crippen LogP contribution in [-0.2, 0) is 0 Å². The molecule has 1 aromatic carbocycles. The van der Waals surface area contributed by atoms with Gasteiger partial charge >= 0.3 is 0 Å². The van der Waals surface area contributed by atoms with E-state index in [2.05, 4.69) is 10.2 Å². The van der Waals surface area contributed by atoms with Crippen molar-refractivity contribution in [3.63, 3.8) is 0 Å². The van der Waals surface area contributed by atoms with Gasteiger partial charge in [-0.3, -0.25) is 4.90 Å². The number of rotatable bonds is 3. The highest BCUT2D eigenvalue weighted by molar-refractivity contribution is 5.41. The lowest BCUT2D eigenvalue weighted by Gasteiger charge is -2.43. The van der Waals surface area contributed by atoms with Crippen molar-refractivity contribution >= 4 is 0 Å². The Bertz CT molecular complexity index is 440. The summed E-state index contributed by atoms with van der Waals surface area (Å²) in [6.07, 6.45) is 3.79. The Morgan fingerprint density at radius 3 is 2.47 bits per heavy atom. The van der Waals surface area contributed by atoms with Crippen LogP contribution in [0.5, 0.6) is 11.5 Å². The monoisotopic (exact) mass is 262 g/mol. The molecule has 0 amide bonds. The van der Waals surface area contributed by atoms with E-state index in [1.54, 1.807) is 6.07 Å². The van der Waals surface area contributed by atoms with Crippen molar-refractivity contribution < 1.29 is 10.2 Å². The maximum absolute atomic E-state index is 10.2. The van der Waals surface area contributed by atoms with E-state index in [-0.39, 0.29) is 11.5 Å². The third-order valence-electron chi connectivity index (χ3n) is 4.47. The Morgan fingerprint density at radius 2 is 1.89 bits per heavy atom. The van der Waals surface area contributed by atoms with Gasteiger partial charge in [-0.25, -0.2) is 0 Å². The summed E-state index contributed by atoms with van der Waals surface area (Å²) in [5.41, 5.74) is 0.976. The summed E-state index contributed by atoms with van der Waals surface area (Å²) in [4.78, 5) is 2.48. The second kappa shape index (κ2) is 5.39. The molecule has 1 atom stereocenters. The Labute approximate surface area is 114 Å². The van der Waals surface area contributed by atoms with Crippen LogP contribution >= 0.6 is 0 Å². The highest BCUT2D eigenvalue weighted by Gasteiger charge is 2.34. The highest BCUT2D eigenvalue weighted by atomic mass is 16.3. The fourth-order valence-corrected chi connectivity index (χ4v) is 3.25. The lowest BCUT2D eigenvalue weighted by atomic mass is 9.76. The smallest absolute Gasteiger partial charge is 0.124 e. The molecule has 0 radical (unpaired) electrons. The number of nitrogens with zero attached hydrogens (tertiary/aromatic N) is 1. The van der Waals surface area contributed by atoms with Crippen LogP contribution in [0.2, 0.25) is 0 Å². The zero-order chi connectivity index (χ0) is 13.2. The lowest BCUT2D eigenvalue weighted by molar-refractivity contribution is 0.0819. The first-order chi connectivity index (χ1) is 9.25. The van der Waals surface area contributed by atoms with Gasteiger partial charge in [0.25, 0.3) is 0 Å². The Kier molecular flexibility index (Phi) is 3.62. The quantitative estimate of drug-likeness (QED) is 0.778. The van der Waals surface area contributed by atoms with Gasteiger partial charge in [0, 0.05) is 43.9 Å². The van der Waals surface area contributed by atoms with Crippen molar-refractivity contribution in [2.45, 2.75) is 25.3 Å². The molecular weight excluding hydrogens is 240 g/mol. The third kappa shape index (κ3) is 2.55. The van der Waals surface area contributed by atoms with Crippen molar-refractivity contribution in [1.82, 2.24) is 10.2 Å². The molecule has 3 N–H and O–H groups in total. The van der Waals surface area contributed by atoms with Gasteiger partial charge in [-0.2, -0.15) is 0 Å². The van der Waals surface area contributed by atoms with Gasteiger partial charge in [0.05, 0.1) is 0 Å². The van der Waals surface area contributed by atoms with Crippen molar-refractivity contribution in [2.75, 3.05) is 26.2 Å². The molecule has 2 fully saturated rings. The minimum atomic E-state index is 0.133. The van der Waals surface area contributed by atoms with Gasteiger partial charge in [-0.05, 0) is 24.8 Å². The molecule has 0 bridgehead atoms. The summed E-state index contributed by atoms with van der Waals surface area (Å²) in [5.74, 6) is 1.01. The predicted molar refractivity (Wildman–Crippen MR) is 74.3 cm³/mol. The van der Waals surface area contributed by atoms with Crippen molar-refractivity contribution in [1.29, 1.82) is 0 Å². The van der Waals surface area contributed by atoms with Crippen LogP contribution in [0.4, 0.5) is 0 Å². The molecule has 19 heavy (non-hydrogen) atoms. The van der Waals surface area contributed by atoms with Gasteiger partial charge in [-0.1, -0.05) is 12.5 Å². The molecule has 3 rings (SSSR count). The first kappa shape index (κ1) is 12.8. The van der Waals surface area contributed by atoms with E-state index in [1.165, 1.54) is 25.3 Å². The largest absolute Gasteiger partial charge is 0.508 e. The highest BCUT2D eigenvalue weighted by Crippen LogP contribution is 2.44. The van der Waals surface area contributed by atoms with E-state index in [9.17, 15) is 10.2 Å². The molecule has 1 aliphatic heterocycles. The van der Waals surface area contributed by atoms with Gasteiger partial charge in [0.15, 0.2) is 0 Å². The molecule has 0 unspecified atom stereocenters. The zero-order valence-electron chi connectivity index (χ0n) is 11.2. The van der Waals surface area contributed by atoms with E-state index in [1.807, 2.05) is 6.07 Å². The summed E-state index contributed by atoms with van der Waals surface area (Å²) in [6.45, 7) is 4.09. The zero-order valence-corrected chi connectivity index (χ0v) is 11.2. The number of piperazine rings is 1. The van der Waals surface area contributed by atoms with Crippen LogP contribution in [0.1, 0.15) is 30.9 Å². The minimum absolute atomic E-state index is 0.133. The van der Waals surface area contributed by atoms with Crippen LogP contribution in [0.3, 0.4) is 0 Å². The summed E-state index contributed by atoms with van der Waals surface area (Å²) in [6, 6.07) is 5.33. The number of nitrogens with one attached hydrogen (secondary N) is 1. The molecular formula is C15H22N2O2. The molecule has 0 spiro atoms. The number of aromatic hydroxyl groups is 2. The van der Waals surface area contributed by atoms with Crippen LogP contribution < -0.4 is 5.32 Å². The molecule has 4 heteroatoms. The van der Waals surface area contributed by atoms with E-state index >= 15 is 0 Å². The Balaban J connectivity index is 1.88. The SMILES string of the molecule is Oc1ccc([C@H](C2CCC2)N2CCNCC2)c(O)c1. The molecule has 1 saturated carbocycles. The maximum Gasteiger partial charge on any atom is 0.124 e. The number of phenols is 2. The summed E-state index contributed by atoms with van der Waals surface area (Å²) < 4.78 is 0. The number of phenolic OH excluding ortho intramolecular Hbond substituents is 2. The van der Waals surface area contributed by atoms with Gasteiger partial charge < -0.3 is 15.5 Å². The van der Waals surface area contributed by atoms with Gasteiger partial charge in [0.1, 0.15) is 11.5 Å². The fraction of sp³-hybridized carbons (Fsp3) is 0.600. The second-order valence-electron chi connectivity index (χ2n) is 5.66. The number of benzene rings is 1. The molecule has 2 aliphatic rings. The van der Waals surface area contributed by atoms with Gasteiger partial charge in [-0.15, -0.1) is 0 Å². The molecule has 4 nitrogen and oxygen atoms in total. The first-order valence-electron chi connectivity index (χ1n) is 7.22. The van der Waals surface area contributed by atoms with E-state index in [0.29, 0.717) is 12.0 Å². The molecule has 104 valence electrons. The molecule has 1 saturated heterocycles. The van der Waals surface area contributed by atoms with Crippen LogP contribution in [0, 0.1) is 5.92 Å². The molecule has 1 heterocycles. The van der Waals surface area contributed by atoms with Crippen LogP contribution in [-0.4, -0.2) is 41.3 Å². The molecule has 0 aromatic heterocycles. The number of hydrogen-bond donors (Lipinski definition) is 3. The van der Waals surface area contributed by atoms with Crippen molar-refractivity contribution in [3.05, 3.63) is 23.8 Å². The maximum atomic E-state index is 10.2. The second-order valence-corrected chi connectivity index (χ2v) is 5.66. The normalized spacial score (nSPS) is 22.9. The van der Waals surface area contributed by atoms with Crippen LogP contribution in [0.25, 0.3) is 0 Å². The topological polar surface area (TPSA) is 55.7 Å². The summed E-state index contributed by atoms with van der Waals surface area (Å²) in [5, 5.41) is 23.0. The third-order valence-corrected chi connectivity index (χ3v) is 4.47.